The Hall–Kier alpha value is -1.74. The molecule has 0 bridgehead atoms. The van der Waals surface area contributed by atoms with Crippen molar-refractivity contribution in [2.24, 2.45) is 0 Å². The molecule has 0 amide bonds. The Morgan fingerprint density at radius 2 is 1.47 bits per heavy atom. The number of phenols is 2. The standard InChI is InChI=1S/C12H9O2Si/c13-9-5-2-1-4-8(9)12-10(14)6-3-7-11(12)15/h1-7,13-14H. The Labute approximate surface area is 91.2 Å². The molecule has 15 heavy (non-hydrogen) atoms. The van der Waals surface area contributed by atoms with Crippen molar-refractivity contribution in [3.63, 3.8) is 0 Å². The maximum Gasteiger partial charge on any atom is 0.123 e. The Morgan fingerprint density at radius 3 is 2.13 bits per heavy atom. The fourth-order valence-electron chi connectivity index (χ4n) is 1.51. The first kappa shape index (κ1) is 9.80. The molecule has 0 atom stereocenters. The average Bonchev–Trinajstić information content (AvgIpc) is 2.20. The summed E-state index contributed by atoms with van der Waals surface area (Å²) in [5.41, 5.74) is 1.22. The summed E-state index contributed by atoms with van der Waals surface area (Å²) in [7, 11) is 3.40. The van der Waals surface area contributed by atoms with Gasteiger partial charge in [0.15, 0.2) is 0 Å². The van der Waals surface area contributed by atoms with Crippen LogP contribution in [-0.4, -0.2) is 20.5 Å². The van der Waals surface area contributed by atoms with E-state index >= 15 is 0 Å². The molecule has 0 aliphatic carbocycles. The van der Waals surface area contributed by atoms with E-state index in [0.717, 1.165) is 5.19 Å². The highest BCUT2D eigenvalue weighted by Crippen LogP contribution is 2.32. The van der Waals surface area contributed by atoms with Gasteiger partial charge in [-0.15, -0.1) is 0 Å². The van der Waals surface area contributed by atoms with Crippen LogP contribution in [0.3, 0.4) is 0 Å². The second kappa shape index (κ2) is 3.79. The zero-order valence-corrected chi connectivity index (χ0v) is 8.94. The van der Waals surface area contributed by atoms with Crippen LogP contribution < -0.4 is 5.19 Å². The highest BCUT2D eigenvalue weighted by atomic mass is 28.1. The average molecular weight is 213 g/mol. The fourth-order valence-corrected chi connectivity index (χ4v) is 1.87. The Kier molecular flexibility index (Phi) is 2.47. The van der Waals surface area contributed by atoms with Crippen LogP contribution in [0.4, 0.5) is 0 Å². The molecule has 2 nitrogen and oxygen atoms in total. The monoisotopic (exact) mass is 213 g/mol. The molecule has 73 valence electrons. The van der Waals surface area contributed by atoms with Crippen molar-refractivity contribution in [3.05, 3.63) is 42.5 Å². The molecular weight excluding hydrogens is 204 g/mol. The third-order valence-electron chi connectivity index (χ3n) is 2.22. The highest BCUT2D eigenvalue weighted by Gasteiger charge is 2.10. The van der Waals surface area contributed by atoms with E-state index in [0.29, 0.717) is 11.1 Å². The minimum atomic E-state index is 0.143. The van der Waals surface area contributed by atoms with E-state index in [4.69, 9.17) is 0 Å². The molecule has 3 heteroatoms. The van der Waals surface area contributed by atoms with Gasteiger partial charge in [0.2, 0.25) is 0 Å². The molecule has 0 aliphatic rings. The van der Waals surface area contributed by atoms with Gasteiger partial charge in [-0.05, 0) is 12.1 Å². The summed E-state index contributed by atoms with van der Waals surface area (Å²) >= 11 is 0. The largest absolute Gasteiger partial charge is 0.507 e. The molecular formula is C12H9O2Si. The van der Waals surface area contributed by atoms with Gasteiger partial charge in [0.05, 0.1) is 10.2 Å². The summed E-state index contributed by atoms with van der Waals surface area (Å²) < 4.78 is 0. The smallest absolute Gasteiger partial charge is 0.123 e. The zero-order chi connectivity index (χ0) is 10.8. The lowest BCUT2D eigenvalue weighted by molar-refractivity contribution is 0.469. The van der Waals surface area contributed by atoms with Gasteiger partial charge < -0.3 is 10.2 Å². The van der Waals surface area contributed by atoms with Gasteiger partial charge in [0.25, 0.3) is 0 Å². The van der Waals surface area contributed by atoms with Crippen LogP contribution in [0.25, 0.3) is 11.1 Å². The van der Waals surface area contributed by atoms with Gasteiger partial charge >= 0.3 is 0 Å². The molecule has 0 aliphatic heterocycles. The van der Waals surface area contributed by atoms with Crippen molar-refractivity contribution < 1.29 is 10.2 Å². The number of aromatic hydroxyl groups is 2. The van der Waals surface area contributed by atoms with E-state index < -0.39 is 0 Å². The van der Waals surface area contributed by atoms with Crippen LogP contribution in [0, 0.1) is 0 Å². The minimum absolute atomic E-state index is 0.143. The molecule has 0 unspecified atom stereocenters. The van der Waals surface area contributed by atoms with Gasteiger partial charge in [-0.3, -0.25) is 0 Å². The zero-order valence-electron chi connectivity index (χ0n) is 7.94. The van der Waals surface area contributed by atoms with Crippen molar-refractivity contribution in [2.45, 2.75) is 0 Å². The van der Waals surface area contributed by atoms with Crippen molar-refractivity contribution >= 4 is 15.4 Å². The second-order valence-corrected chi connectivity index (χ2v) is 3.76. The van der Waals surface area contributed by atoms with Crippen LogP contribution in [0.15, 0.2) is 42.5 Å². The molecule has 0 saturated heterocycles. The van der Waals surface area contributed by atoms with Gasteiger partial charge in [0.1, 0.15) is 11.5 Å². The number of phenolic OH excluding ortho intramolecular Hbond substituents is 2. The minimum Gasteiger partial charge on any atom is -0.507 e. The third kappa shape index (κ3) is 1.74. The quantitative estimate of drug-likeness (QED) is 0.706. The molecule has 0 aromatic heterocycles. The first-order chi connectivity index (χ1) is 7.20. The molecule has 2 aromatic rings. The maximum atomic E-state index is 9.73. The predicted molar refractivity (Wildman–Crippen MR) is 60.6 cm³/mol. The van der Waals surface area contributed by atoms with Crippen molar-refractivity contribution in [2.75, 3.05) is 0 Å². The maximum absolute atomic E-state index is 9.73. The van der Waals surface area contributed by atoms with Crippen LogP contribution in [0.5, 0.6) is 11.5 Å². The Morgan fingerprint density at radius 1 is 0.800 bits per heavy atom. The molecule has 0 fully saturated rings. The summed E-state index contributed by atoms with van der Waals surface area (Å²) in [6, 6.07) is 12.0. The summed E-state index contributed by atoms with van der Waals surface area (Å²) in [6.45, 7) is 0. The number of rotatable bonds is 1. The topological polar surface area (TPSA) is 40.5 Å². The SMILES string of the molecule is Oc1ccccc1-c1c(O)cccc1[Si]. The Balaban J connectivity index is 2.69. The van der Waals surface area contributed by atoms with Crippen molar-refractivity contribution in [3.8, 4) is 22.6 Å². The lowest BCUT2D eigenvalue weighted by atomic mass is 10.0. The van der Waals surface area contributed by atoms with Gasteiger partial charge in [-0.25, -0.2) is 0 Å². The van der Waals surface area contributed by atoms with E-state index in [9.17, 15) is 10.2 Å². The number of hydrogen-bond acceptors (Lipinski definition) is 2. The summed E-state index contributed by atoms with van der Waals surface area (Å²) in [5.74, 6) is 0.294. The van der Waals surface area contributed by atoms with Crippen molar-refractivity contribution in [1.29, 1.82) is 0 Å². The van der Waals surface area contributed by atoms with Gasteiger partial charge in [-0.1, -0.05) is 35.5 Å². The van der Waals surface area contributed by atoms with Crippen LogP contribution in [-0.2, 0) is 0 Å². The van der Waals surface area contributed by atoms with Crippen LogP contribution in [0.1, 0.15) is 0 Å². The number of hydrogen-bond donors (Lipinski definition) is 2. The normalized spacial score (nSPS) is 10.2. The van der Waals surface area contributed by atoms with Gasteiger partial charge in [0, 0.05) is 11.1 Å². The first-order valence-electron chi connectivity index (χ1n) is 4.52. The van der Waals surface area contributed by atoms with Crippen LogP contribution >= 0.6 is 0 Å². The van der Waals surface area contributed by atoms with E-state index in [2.05, 4.69) is 10.2 Å². The van der Waals surface area contributed by atoms with E-state index in [1.807, 2.05) is 12.1 Å². The van der Waals surface area contributed by atoms with E-state index in [-0.39, 0.29) is 11.5 Å². The highest BCUT2D eigenvalue weighted by molar-refractivity contribution is 6.36. The number of benzene rings is 2. The van der Waals surface area contributed by atoms with Crippen LogP contribution in [0.2, 0.25) is 0 Å². The fraction of sp³-hybridized carbons (Fsp3) is 0. The second-order valence-electron chi connectivity index (χ2n) is 3.22. The molecule has 0 heterocycles. The molecule has 3 radical (unpaired) electrons. The summed E-state index contributed by atoms with van der Waals surface area (Å²) in [4.78, 5) is 0. The molecule has 2 N–H and O–H groups in total. The molecule has 2 aromatic carbocycles. The summed E-state index contributed by atoms with van der Waals surface area (Å²) in [5, 5.41) is 20.2. The molecule has 0 spiro atoms. The molecule has 0 saturated carbocycles. The van der Waals surface area contributed by atoms with Crippen molar-refractivity contribution in [1.82, 2.24) is 0 Å². The van der Waals surface area contributed by atoms with E-state index in [1.165, 1.54) is 0 Å². The predicted octanol–water partition coefficient (Wildman–Crippen LogP) is 1.56. The molecule has 2 rings (SSSR count). The van der Waals surface area contributed by atoms with E-state index in [1.54, 1.807) is 30.3 Å². The number of para-hydroxylation sites is 1. The lowest BCUT2D eigenvalue weighted by Crippen LogP contribution is -2.05. The third-order valence-corrected chi connectivity index (χ3v) is 2.63. The summed E-state index contributed by atoms with van der Waals surface area (Å²) in [6.07, 6.45) is 0. The Bertz CT molecular complexity index is 474. The van der Waals surface area contributed by atoms with Gasteiger partial charge in [-0.2, -0.15) is 0 Å². The lowest BCUT2D eigenvalue weighted by Gasteiger charge is -2.09. The first-order valence-corrected chi connectivity index (χ1v) is 5.02.